The molecule has 3 heterocycles. The van der Waals surface area contributed by atoms with Crippen LogP contribution < -0.4 is 20.5 Å². The summed E-state index contributed by atoms with van der Waals surface area (Å²) in [5.74, 6) is -1.32. The van der Waals surface area contributed by atoms with Gasteiger partial charge in [0.2, 0.25) is 5.91 Å². The van der Waals surface area contributed by atoms with E-state index in [4.69, 9.17) is 43.4 Å². The maximum absolute atomic E-state index is 14.5. The molecule has 12 heteroatoms. The number of benzene rings is 2. The normalized spacial score (nSPS) is 18.8. The molecule has 0 radical (unpaired) electrons. The molecule has 1 saturated carbocycles. The molecule has 228 valence electrons. The number of methoxy groups -OCH3 is 1. The molecule has 2 atom stereocenters. The lowest BCUT2D eigenvalue weighted by atomic mass is 9.81. The summed E-state index contributed by atoms with van der Waals surface area (Å²) in [6, 6.07) is 10.7. The molecule has 1 unspecified atom stereocenters. The van der Waals surface area contributed by atoms with Crippen molar-refractivity contribution in [3.63, 3.8) is 0 Å². The highest BCUT2D eigenvalue weighted by Crippen LogP contribution is 2.50. The van der Waals surface area contributed by atoms with Gasteiger partial charge < -0.3 is 25.6 Å². The van der Waals surface area contributed by atoms with Crippen molar-refractivity contribution < 1.29 is 28.6 Å². The molecule has 1 aliphatic carbocycles. The fourth-order valence-electron chi connectivity index (χ4n) is 5.58. The summed E-state index contributed by atoms with van der Waals surface area (Å²) in [6.07, 6.45) is 1.37. The fourth-order valence-corrected chi connectivity index (χ4v) is 5.86. The minimum Gasteiger partial charge on any atom is -0.494 e. The lowest BCUT2D eigenvalue weighted by molar-refractivity contribution is -0.123. The second-order valence-electron chi connectivity index (χ2n) is 11.5. The van der Waals surface area contributed by atoms with E-state index in [0.717, 1.165) is 0 Å². The number of aryl methyl sites for hydroxylation is 1. The van der Waals surface area contributed by atoms with Crippen LogP contribution in [-0.2, 0) is 15.8 Å². The maximum atomic E-state index is 14.5. The zero-order valence-electron chi connectivity index (χ0n) is 24.1. The van der Waals surface area contributed by atoms with E-state index in [2.05, 4.69) is 10.3 Å². The highest BCUT2D eigenvalue weighted by atomic mass is 35.5. The fraction of sp³-hybridized carbons (Fsp3) is 0.312. The number of nitrogens with one attached hydrogen (secondary N) is 1. The standard InChI is InChI=1S/C32H29Cl2FN4O5/c1-15-22(34)9-17-8-18(11-24(43-3)26(17)38-15)29(40)37-13-32(42,19-5-6-19)25-12-20-28(44-14-31(20,2)30(36)41)27(39-25)16-4-7-21(33)23(35)10-16/h4,7-12,19,42H,5-6,13-14H2,1-3H3,(H2,36,41)(H,37,40)/t31-,32?/m0/s1. The van der Waals surface area contributed by atoms with Crippen molar-refractivity contribution in [2.45, 2.75) is 37.7 Å². The first-order valence-electron chi connectivity index (χ1n) is 14.0. The first-order valence-corrected chi connectivity index (χ1v) is 14.7. The number of pyridine rings is 2. The lowest BCUT2D eigenvalue weighted by Crippen LogP contribution is -2.44. The summed E-state index contributed by atoms with van der Waals surface area (Å²) < 4.78 is 25.9. The Kier molecular flexibility index (Phi) is 7.42. The van der Waals surface area contributed by atoms with Crippen molar-refractivity contribution >= 4 is 45.9 Å². The summed E-state index contributed by atoms with van der Waals surface area (Å²) >= 11 is 12.2. The molecule has 2 aromatic heterocycles. The maximum Gasteiger partial charge on any atom is 0.251 e. The van der Waals surface area contributed by atoms with Crippen molar-refractivity contribution in [2.75, 3.05) is 20.3 Å². The number of nitrogens with zero attached hydrogens (tertiary/aromatic N) is 2. The SMILES string of the molecule is COc1cc(C(=O)NCC(O)(c2cc3c(c(-c4ccc(Cl)c(F)c4)n2)OC[C@]3(C)C(N)=O)C2CC2)cc2cc(Cl)c(C)nc12. The van der Waals surface area contributed by atoms with Crippen LogP contribution in [0.4, 0.5) is 4.39 Å². The van der Waals surface area contributed by atoms with Crippen LogP contribution in [0.2, 0.25) is 10.0 Å². The highest BCUT2D eigenvalue weighted by molar-refractivity contribution is 6.32. The average molecular weight is 640 g/mol. The second-order valence-corrected chi connectivity index (χ2v) is 12.3. The first-order chi connectivity index (χ1) is 20.9. The van der Waals surface area contributed by atoms with Crippen molar-refractivity contribution in [2.24, 2.45) is 11.7 Å². The van der Waals surface area contributed by atoms with Gasteiger partial charge in [-0.2, -0.15) is 0 Å². The van der Waals surface area contributed by atoms with Crippen molar-refractivity contribution in [3.05, 3.63) is 80.8 Å². The largest absolute Gasteiger partial charge is 0.494 e. The van der Waals surface area contributed by atoms with Gasteiger partial charge in [0.1, 0.15) is 46.1 Å². The topological polar surface area (TPSA) is 137 Å². The van der Waals surface area contributed by atoms with Gasteiger partial charge in [-0.3, -0.25) is 9.59 Å². The minimum absolute atomic E-state index is 0.0489. The zero-order chi connectivity index (χ0) is 31.6. The number of primary amides is 1. The molecule has 2 aliphatic rings. The predicted molar refractivity (Wildman–Crippen MR) is 164 cm³/mol. The minimum atomic E-state index is -1.63. The summed E-state index contributed by atoms with van der Waals surface area (Å²) in [6.45, 7) is 3.18. The van der Waals surface area contributed by atoms with E-state index in [-0.39, 0.29) is 46.8 Å². The first kappa shape index (κ1) is 30.1. The Bertz CT molecular complexity index is 1870. The van der Waals surface area contributed by atoms with Gasteiger partial charge in [-0.25, -0.2) is 14.4 Å². The average Bonchev–Trinajstić information content (AvgIpc) is 3.80. The summed E-state index contributed by atoms with van der Waals surface area (Å²) in [4.78, 5) is 35.3. The zero-order valence-corrected chi connectivity index (χ0v) is 25.6. The molecule has 4 N–H and O–H groups in total. The number of halogens is 3. The molecule has 2 aromatic carbocycles. The predicted octanol–water partition coefficient (Wildman–Crippen LogP) is 5.22. The number of carbonyl (C=O) groups is 2. The Morgan fingerprint density at radius 1 is 1.18 bits per heavy atom. The molecule has 0 saturated heterocycles. The molecule has 1 aliphatic heterocycles. The Balaban J connectivity index is 1.40. The van der Waals surface area contributed by atoms with Crippen LogP contribution in [0.15, 0.2) is 42.5 Å². The molecule has 44 heavy (non-hydrogen) atoms. The van der Waals surface area contributed by atoms with Gasteiger partial charge >= 0.3 is 0 Å². The number of amides is 2. The Hall–Kier alpha value is -3.99. The van der Waals surface area contributed by atoms with Crippen LogP contribution in [0.3, 0.4) is 0 Å². The molecule has 4 aromatic rings. The van der Waals surface area contributed by atoms with Gasteiger partial charge in [0.15, 0.2) is 0 Å². The van der Waals surface area contributed by atoms with E-state index in [9.17, 15) is 19.1 Å². The summed E-state index contributed by atoms with van der Waals surface area (Å²) in [5, 5.41) is 16.0. The van der Waals surface area contributed by atoms with Crippen LogP contribution in [0.25, 0.3) is 22.2 Å². The number of nitrogens with two attached hydrogens (primary N) is 1. The molecule has 1 fully saturated rings. The van der Waals surface area contributed by atoms with Crippen LogP contribution in [0, 0.1) is 18.7 Å². The smallest absolute Gasteiger partial charge is 0.251 e. The molecule has 9 nitrogen and oxygen atoms in total. The van der Waals surface area contributed by atoms with Crippen LogP contribution >= 0.6 is 23.2 Å². The third-order valence-corrected chi connectivity index (χ3v) is 9.21. The van der Waals surface area contributed by atoms with Crippen molar-refractivity contribution in [3.8, 4) is 22.8 Å². The molecular weight excluding hydrogens is 610 g/mol. The number of ether oxygens (including phenoxy) is 2. The van der Waals surface area contributed by atoms with Gasteiger partial charge in [0.25, 0.3) is 5.91 Å². The monoisotopic (exact) mass is 638 g/mol. The van der Waals surface area contributed by atoms with E-state index >= 15 is 0 Å². The van der Waals surface area contributed by atoms with Gasteiger partial charge in [-0.1, -0.05) is 29.3 Å². The number of aliphatic hydroxyl groups is 1. The van der Waals surface area contributed by atoms with Crippen LogP contribution in [0.1, 0.15) is 47.1 Å². The number of aromatic nitrogens is 2. The van der Waals surface area contributed by atoms with E-state index < -0.39 is 28.6 Å². The van der Waals surface area contributed by atoms with Crippen LogP contribution in [-0.4, -0.2) is 47.2 Å². The summed E-state index contributed by atoms with van der Waals surface area (Å²) in [5.41, 5.74) is 5.60. The Morgan fingerprint density at radius 2 is 1.93 bits per heavy atom. The van der Waals surface area contributed by atoms with E-state index in [1.54, 1.807) is 44.2 Å². The van der Waals surface area contributed by atoms with Gasteiger partial charge in [-0.05, 0) is 69.0 Å². The highest BCUT2D eigenvalue weighted by Gasteiger charge is 2.50. The van der Waals surface area contributed by atoms with Gasteiger partial charge in [0, 0.05) is 22.1 Å². The Morgan fingerprint density at radius 3 is 2.59 bits per heavy atom. The van der Waals surface area contributed by atoms with Gasteiger partial charge in [-0.15, -0.1) is 0 Å². The van der Waals surface area contributed by atoms with E-state index in [0.29, 0.717) is 51.3 Å². The quantitative estimate of drug-likeness (QED) is 0.241. The molecule has 6 rings (SSSR count). The molecule has 0 bridgehead atoms. The number of carbonyl (C=O) groups excluding carboxylic acids is 2. The number of hydrogen-bond donors (Lipinski definition) is 3. The van der Waals surface area contributed by atoms with Crippen molar-refractivity contribution in [1.82, 2.24) is 15.3 Å². The molecule has 0 spiro atoms. The molecular formula is C32H29Cl2FN4O5. The number of fused-ring (bicyclic) bond motifs is 2. The third-order valence-electron chi connectivity index (χ3n) is 8.52. The Labute approximate surface area is 262 Å². The number of rotatable bonds is 8. The lowest BCUT2D eigenvalue weighted by Gasteiger charge is -2.30. The van der Waals surface area contributed by atoms with Crippen LogP contribution in [0.5, 0.6) is 11.5 Å². The third kappa shape index (κ3) is 5.00. The van der Waals surface area contributed by atoms with E-state index in [1.165, 1.54) is 19.2 Å². The second kappa shape index (κ2) is 10.9. The van der Waals surface area contributed by atoms with Crippen molar-refractivity contribution in [1.29, 1.82) is 0 Å². The van der Waals surface area contributed by atoms with Gasteiger partial charge in [0.05, 0.1) is 35.1 Å². The van der Waals surface area contributed by atoms with E-state index in [1.807, 2.05) is 0 Å². The summed E-state index contributed by atoms with van der Waals surface area (Å²) in [7, 11) is 1.49. The molecule has 2 amide bonds. The number of hydrogen-bond acceptors (Lipinski definition) is 7.